The van der Waals surface area contributed by atoms with Crippen molar-refractivity contribution in [2.75, 3.05) is 27.2 Å². The molecule has 0 aromatic carbocycles. The Morgan fingerprint density at radius 3 is 2.74 bits per heavy atom. The van der Waals surface area contributed by atoms with Crippen molar-refractivity contribution in [2.45, 2.75) is 25.6 Å². The molecule has 34 heavy (non-hydrogen) atoms. The van der Waals surface area contributed by atoms with Crippen LogP contribution in [0.3, 0.4) is 0 Å². The lowest BCUT2D eigenvalue weighted by molar-refractivity contribution is -0.140. The van der Waals surface area contributed by atoms with Gasteiger partial charge in [0, 0.05) is 40.8 Å². The van der Waals surface area contributed by atoms with Gasteiger partial charge in [0.15, 0.2) is 11.5 Å². The van der Waals surface area contributed by atoms with Crippen LogP contribution in [-0.4, -0.2) is 73.7 Å². The maximum absolute atomic E-state index is 12.7. The number of hydrogen-bond acceptors (Lipinski definition) is 6. The lowest BCUT2D eigenvalue weighted by Crippen LogP contribution is -2.38. The maximum Gasteiger partial charge on any atom is 0.405 e. The van der Waals surface area contributed by atoms with E-state index in [0.717, 1.165) is 9.86 Å². The molecule has 0 saturated carbocycles. The van der Waals surface area contributed by atoms with Crippen molar-refractivity contribution in [3.8, 4) is 11.4 Å². The highest BCUT2D eigenvalue weighted by molar-refractivity contribution is 9.10. The fourth-order valence-electron chi connectivity index (χ4n) is 3.59. The average Bonchev–Trinajstić information content (AvgIpc) is 3.35. The topological polar surface area (TPSA) is 105 Å². The minimum atomic E-state index is -4.51. The van der Waals surface area contributed by atoms with Crippen molar-refractivity contribution in [3.63, 3.8) is 0 Å². The number of imidazole rings is 1. The fourth-order valence-corrected chi connectivity index (χ4v) is 3.92. The van der Waals surface area contributed by atoms with Crippen LogP contribution in [0.1, 0.15) is 18.8 Å². The standard InChI is InChI=1S/C21H22BrF3N8O/c1-11(20(34)29-10-21(23,24)25)33-16(4-5-32(2)3)30-15-9-28-18(31-19(15)33)14-8-27-17-13(14)6-12(22)7-26-17/h6-9,11H,4-5,10H2,1-3H3,(H,26,27)(H,29,34). The first-order valence-corrected chi connectivity index (χ1v) is 11.2. The van der Waals surface area contributed by atoms with Gasteiger partial charge in [-0.3, -0.25) is 4.79 Å². The first-order chi connectivity index (χ1) is 16.0. The van der Waals surface area contributed by atoms with E-state index < -0.39 is 24.7 Å². The van der Waals surface area contributed by atoms with Gasteiger partial charge in [-0.1, -0.05) is 0 Å². The third-order valence-corrected chi connectivity index (χ3v) is 5.69. The second-order valence-electron chi connectivity index (χ2n) is 8.11. The number of carbonyl (C=O) groups excluding carboxylic acids is 1. The molecule has 1 atom stereocenters. The number of aromatic nitrogens is 6. The minimum absolute atomic E-state index is 0.366. The SMILES string of the molecule is CC(C(=O)NCC(F)(F)F)n1c(CCN(C)C)nc2cnc(-c3c[nH]c4ncc(Br)cc34)nc21. The molecule has 0 fully saturated rings. The summed E-state index contributed by atoms with van der Waals surface area (Å²) in [6, 6.07) is 0.917. The maximum atomic E-state index is 12.7. The number of likely N-dealkylation sites (N-methyl/N-ethyl adjacent to an activating group) is 1. The number of carbonyl (C=O) groups is 1. The number of nitrogens with zero attached hydrogens (tertiary/aromatic N) is 6. The monoisotopic (exact) mass is 538 g/mol. The van der Waals surface area contributed by atoms with Crippen molar-refractivity contribution in [3.05, 3.63) is 35.0 Å². The third-order valence-electron chi connectivity index (χ3n) is 5.26. The van der Waals surface area contributed by atoms with Gasteiger partial charge in [0.05, 0.1) is 6.20 Å². The molecule has 0 aliphatic heterocycles. The summed E-state index contributed by atoms with van der Waals surface area (Å²) in [6.45, 7) is 0.746. The van der Waals surface area contributed by atoms with E-state index in [1.807, 2.05) is 30.4 Å². The summed E-state index contributed by atoms with van der Waals surface area (Å²) in [6.07, 6.45) is 0.920. The first kappa shape index (κ1) is 24.1. The summed E-state index contributed by atoms with van der Waals surface area (Å²) in [7, 11) is 3.79. The highest BCUT2D eigenvalue weighted by Gasteiger charge is 2.30. The molecule has 4 aromatic rings. The van der Waals surface area contributed by atoms with Gasteiger partial charge in [0.25, 0.3) is 0 Å². The number of hydrogen-bond donors (Lipinski definition) is 2. The number of alkyl halides is 3. The Bertz CT molecular complexity index is 1350. The minimum Gasteiger partial charge on any atom is -0.345 e. The van der Waals surface area contributed by atoms with Crippen LogP contribution in [0.4, 0.5) is 13.2 Å². The summed E-state index contributed by atoms with van der Waals surface area (Å²) in [5.41, 5.74) is 2.17. The van der Waals surface area contributed by atoms with Gasteiger partial charge >= 0.3 is 6.18 Å². The van der Waals surface area contributed by atoms with E-state index in [9.17, 15) is 18.0 Å². The number of halogens is 4. The summed E-state index contributed by atoms with van der Waals surface area (Å²) in [5.74, 6) is 0.137. The van der Waals surface area contributed by atoms with Crippen LogP contribution in [0.5, 0.6) is 0 Å². The second-order valence-corrected chi connectivity index (χ2v) is 9.03. The average molecular weight is 539 g/mol. The number of nitrogens with one attached hydrogen (secondary N) is 2. The molecular formula is C21H22BrF3N8O. The molecule has 4 aromatic heterocycles. The largest absolute Gasteiger partial charge is 0.405 e. The van der Waals surface area contributed by atoms with Crippen LogP contribution in [-0.2, 0) is 11.2 Å². The number of aromatic amines is 1. The number of rotatable bonds is 7. The summed E-state index contributed by atoms with van der Waals surface area (Å²) >= 11 is 3.41. The smallest absolute Gasteiger partial charge is 0.345 e. The molecule has 13 heteroatoms. The van der Waals surface area contributed by atoms with E-state index in [2.05, 4.69) is 40.8 Å². The van der Waals surface area contributed by atoms with Gasteiger partial charge in [-0.05, 0) is 43.0 Å². The molecule has 0 spiro atoms. The van der Waals surface area contributed by atoms with Gasteiger partial charge in [0.2, 0.25) is 5.91 Å². The lowest BCUT2D eigenvalue weighted by Gasteiger charge is -2.18. The van der Waals surface area contributed by atoms with Crippen LogP contribution in [0.25, 0.3) is 33.6 Å². The van der Waals surface area contributed by atoms with Crippen LogP contribution >= 0.6 is 15.9 Å². The highest BCUT2D eigenvalue weighted by Crippen LogP contribution is 2.29. The van der Waals surface area contributed by atoms with Gasteiger partial charge in [-0.2, -0.15) is 13.2 Å². The van der Waals surface area contributed by atoms with Crippen molar-refractivity contribution in [1.82, 2.24) is 39.7 Å². The molecule has 4 heterocycles. The molecule has 1 amide bonds. The molecule has 1 unspecified atom stereocenters. The Labute approximate surface area is 200 Å². The van der Waals surface area contributed by atoms with E-state index in [0.29, 0.717) is 47.0 Å². The van der Waals surface area contributed by atoms with E-state index in [1.54, 1.807) is 23.2 Å². The molecule has 4 rings (SSSR count). The predicted octanol–water partition coefficient (Wildman–Crippen LogP) is 3.48. The Kier molecular flexibility index (Phi) is 6.58. The molecular weight excluding hydrogens is 517 g/mol. The molecule has 0 bridgehead atoms. The number of fused-ring (bicyclic) bond motifs is 2. The highest BCUT2D eigenvalue weighted by atomic mass is 79.9. The fraction of sp³-hybridized carbons (Fsp3) is 0.381. The zero-order chi connectivity index (χ0) is 24.6. The van der Waals surface area contributed by atoms with Crippen LogP contribution in [0.15, 0.2) is 29.1 Å². The Morgan fingerprint density at radius 2 is 2.03 bits per heavy atom. The Morgan fingerprint density at radius 1 is 1.26 bits per heavy atom. The number of pyridine rings is 1. The molecule has 180 valence electrons. The molecule has 0 aliphatic rings. The van der Waals surface area contributed by atoms with Gasteiger partial charge in [-0.15, -0.1) is 0 Å². The van der Waals surface area contributed by atoms with Crippen molar-refractivity contribution < 1.29 is 18.0 Å². The first-order valence-electron chi connectivity index (χ1n) is 10.4. The normalized spacial score (nSPS) is 13.2. The number of amides is 1. The zero-order valence-electron chi connectivity index (χ0n) is 18.6. The number of H-pyrrole nitrogens is 1. The summed E-state index contributed by atoms with van der Waals surface area (Å²) < 4.78 is 40.3. The quantitative estimate of drug-likeness (QED) is 0.373. The van der Waals surface area contributed by atoms with E-state index >= 15 is 0 Å². The van der Waals surface area contributed by atoms with Gasteiger partial charge < -0.3 is 19.8 Å². The Hall–Kier alpha value is -3.06. The predicted molar refractivity (Wildman–Crippen MR) is 124 cm³/mol. The van der Waals surface area contributed by atoms with E-state index in [4.69, 9.17) is 0 Å². The van der Waals surface area contributed by atoms with Gasteiger partial charge in [0.1, 0.15) is 29.6 Å². The molecule has 9 nitrogen and oxygen atoms in total. The summed E-state index contributed by atoms with van der Waals surface area (Å²) in [4.78, 5) is 35.6. The van der Waals surface area contributed by atoms with Crippen LogP contribution in [0.2, 0.25) is 0 Å². The third kappa shape index (κ3) is 5.04. The second kappa shape index (κ2) is 9.29. The molecule has 2 N–H and O–H groups in total. The van der Waals surface area contributed by atoms with Crippen molar-refractivity contribution >= 4 is 44.0 Å². The van der Waals surface area contributed by atoms with E-state index in [-0.39, 0.29) is 0 Å². The Balaban J connectivity index is 1.79. The zero-order valence-corrected chi connectivity index (χ0v) is 20.2. The lowest BCUT2D eigenvalue weighted by atomic mass is 10.2. The summed E-state index contributed by atoms with van der Waals surface area (Å²) in [5, 5.41) is 2.75. The molecule has 0 saturated heterocycles. The van der Waals surface area contributed by atoms with E-state index in [1.165, 1.54) is 6.92 Å². The molecule has 0 aliphatic carbocycles. The van der Waals surface area contributed by atoms with Crippen LogP contribution in [0, 0.1) is 0 Å². The van der Waals surface area contributed by atoms with Crippen LogP contribution < -0.4 is 5.32 Å². The van der Waals surface area contributed by atoms with Crippen molar-refractivity contribution in [1.29, 1.82) is 0 Å². The molecule has 0 radical (unpaired) electrons. The van der Waals surface area contributed by atoms with Gasteiger partial charge in [-0.25, -0.2) is 19.9 Å². The van der Waals surface area contributed by atoms with Crippen molar-refractivity contribution in [2.24, 2.45) is 0 Å².